The fourth-order valence-corrected chi connectivity index (χ4v) is 3.76. The fraction of sp³-hybridized carbons (Fsp3) is 0.278. The summed E-state index contributed by atoms with van der Waals surface area (Å²) in [7, 11) is 1.65. The molecule has 4 rings (SSSR count). The first-order valence-electron chi connectivity index (χ1n) is 8.05. The normalized spacial score (nSPS) is 13.2. The number of anilines is 1. The van der Waals surface area contributed by atoms with Gasteiger partial charge in [-0.15, -0.1) is 0 Å². The number of hydrogen-bond acceptors (Lipinski definition) is 7. The lowest BCUT2D eigenvalue weighted by Crippen LogP contribution is -2.07. The molecule has 0 fully saturated rings. The van der Waals surface area contributed by atoms with Crippen molar-refractivity contribution in [1.82, 2.24) is 15.0 Å². The van der Waals surface area contributed by atoms with Crippen LogP contribution >= 0.6 is 11.8 Å². The highest BCUT2D eigenvalue weighted by molar-refractivity contribution is 7.99. The summed E-state index contributed by atoms with van der Waals surface area (Å²) in [5.74, 6) is 2.33. The van der Waals surface area contributed by atoms with Crippen LogP contribution in [0.4, 0.5) is 5.95 Å². The van der Waals surface area contributed by atoms with Crippen molar-refractivity contribution in [3.8, 4) is 17.1 Å². The quantitative estimate of drug-likeness (QED) is 0.719. The van der Waals surface area contributed by atoms with Crippen molar-refractivity contribution in [3.05, 3.63) is 35.4 Å². The number of nitrogens with zero attached hydrogens (tertiary/aromatic N) is 3. The maximum atomic E-state index is 5.92. The predicted octanol–water partition coefficient (Wildman–Crippen LogP) is 3.42. The summed E-state index contributed by atoms with van der Waals surface area (Å²) in [5, 5.41) is 2.86. The fourth-order valence-electron chi connectivity index (χ4n) is 3.20. The molecule has 0 saturated carbocycles. The number of aromatic nitrogens is 3. The Balaban J connectivity index is 2.04. The zero-order chi connectivity index (χ0) is 17.4. The largest absolute Gasteiger partial charge is 0.496 e. The number of hydrogen-bond donors (Lipinski definition) is 1. The molecule has 0 atom stereocenters. The Bertz CT molecular complexity index is 961. The first kappa shape index (κ1) is 16.1. The molecule has 1 aromatic heterocycles. The molecule has 0 unspecified atom stereocenters. The van der Waals surface area contributed by atoms with E-state index >= 15 is 0 Å². The van der Waals surface area contributed by atoms with Crippen LogP contribution in [0.15, 0.2) is 29.4 Å². The van der Waals surface area contributed by atoms with Gasteiger partial charge in [-0.25, -0.2) is 4.98 Å². The topological polar surface area (TPSA) is 83.2 Å². The minimum absolute atomic E-state index is 0.215. The summed E-state index contributed by atoms with van der Waals surface area (Å²) in [6.45, 7) is 3.22. The Kier molecular flexibility index (Phi) is 4.19. The van der Waals surface area contributed by atoms with Gasteiger partial charge in [-0.3, -0.25) is 0 Å². The molecule has 1 aliphatic rings. The molecule has 2 heterocycles. The third kappa shape index (κ3) is 2.79. The van der Waals surface area contributed by atoms with Crippen molar-refractivity contribution in [2.75, 3.05) is 18.6 Å². The van der Waals surface area contributed by atoms with Gasteiger partial charge in [-0.05, 0) is 33.7 Å². The molecule has 6 nitrogen and oxygen atoms in total. The minimum Gasteiger partial charge on any atom is -0.496 e. The first-order valence-corrected chi connectivity index (χ1v) is 9.03. The Morgan fingerprint density at radius 3 is 2.84 bits per heavy atom. The van der Waals surface area contributed by atoms with Crippen LogP contribution in [0.25, 0.3) is 22.2 Å². The Morgan fingerprint density at radius 2 is 2.04 bits per heavy atom. The highest BCUT2D eigenvalue weighted by Gasteiger charge is 2.22. The van der Waals surface area contributed by atoms with E-state index in [4.69, 9.17) is 15.2 Å². The summed E-state index contributed by atoms with van der Waals surface area (Å²) in [6, 6.07) is 8.18. The zero-order valence-electron chi connectivity index (χ0n) is 14.1. The summed E-state index contributed by atoms with van der Waals surface area (Å²) in [6.07, 6.45) is 0. The van der Waals surface area contributed by atoms with Crippen LogP contribution in [0.3, 0.4) is 0 Å². The second-order valence-corrected chi connectivity index (χ2v) is 6.91. The third-order valence-corrected chi connectivity index (χ3v) is 4.89. The summed E-state index contributed by atoms with van der Waals surface area (Å²) in [5.41, 5.74) is 9.04. The van der Waals surface area contributed by atoms with Crippen molar-refractivity contribution in [2.24, 2.45) is 0 Å². The highest BCUT2D eigenvalue weighted by atomic mass is 32.2. The molecule has 128 valence electrons. The van der Waals surface area contributed by atoms with Crippen LogP contribution in [0.1, 0.15) is 18.1 Å². The van der Waals surface area contributed by atoms with Crippen LogP contribution < -0.4 is 10.5 Å². The van der Waals surface area contributed by atoms with E-state index < -0.39 is 0 Å². The lowest BCUT2D eigenvalue weighted by atomic mass is 9.93. The monoisotopic (exact) mass is 354 g/mol. The van der Waals surface area contributed by atoms with Crippen LogP contribution in [0.2, 0.25) is 0 Å². The molecule has 1 aliphatic heterocycles. The van der Waals surface area contributed by atoms with Crippen molar-refractivity contribution in [3.63, 3.8) is 0 Å². The second kappa shape index (κ2) is 6.50. The van der Waals surface area contributed by atoms with Gasteiger partial charge < -0.3 is 15.2 Å². The number of rotatable bonds is 4. The molecule has 0 amide bonds. The van der Waals surface area contributed by atoms with Crippen LogP contribution in [-0.4, -0.2) is 27.8 Å². The van der Waals surface area contributed by atoms with Crippen molar-refractivity contribution < 1.29 is 9.47 Å². The SMILES string of the molecule is CCSc1nc(N)nc(-c2c(OC)cc3c4c(cccc24)COC3)n1. The van der Waals surface area contributed by atoms with Gasteiger partial charge in [-0.2, -0.15) is 9.97 Å². The standard InChI is InChI=1S/C18H18N4O2S/c1-3-25-18-21-16(20-17(19)22-18)15-12-6-4-5-10-8-24-9-11(14(10)12)7-13(15)23-2/h4-7H,3,8-9H2,1-2H3,(H2,19,20,21,22). The smallest absolute Gasteiger partial charge is 0.224 e. The molecular weight excluding hydrogens is 336 g/mol. The lowest BCUT2D eigenvalue weighted by molar-refractivity contribution is 0.103. The third-order valence-electron chi connectivity index (χ3n) is 4.16. The molecule has 0 saturated heterocycles. The molecule has 0 spiro atoms. The van der Waals surface area contributed by atoms with Crippen molar-refractivity contribution in [1.29, 1.82) is 0 Å². The van der Waals surface area contributed by atoms with E-state index in [1.54, 1.807) is 7.11 Å². The molecule has 2 aromatic carbocycles. The number of ether oxygens (including phenoxy) is 2. The zero-order valence-corrected chi connectivity index (χ0v) is 14.9. The summed E-state index contributed by atoms with van der Waals surface area (Å²) in [4.78, 5) is 13.2. The highest BCUT2D eigenvalue weighted by Crippen LogP contribution is 2.41. The van der Waals surface area contributed by atoms with Crippen molar-refractivity contribution in [2.45, 2.75) is 25.3 Å². The van der Waals surface area contributed by atoms with Crippen molar-refractivity contribution >= 4 is 28.5 Å². The molecule has 0 aliphatic carbocycles. The average molecular weight is 354 g/mol. The Hall–Kier alpha value is -2.38. The van der Waals surface area contributed by atoms with E-state index in [9.17, 15) is 0 Å². The van der Waals surface area contributed by atoms with Crippen LogP contribution in [0.5, 0.6) is 5.75 Å². The average Bonchev–Trinajstić information content (AvgIpc) is 2.61. The lowest BCUT2D eigenvalue weighted by Gasteiger charge is -2.21. The van der Waals surface area contributed by atoms with E-state index in [-0.39, 0.29) is 5.95 Å². The Morgan fingerprint density at radius 1 is 1.20 bits per heavy atom. The van der Waals surface area contributed by atoms with Gasteiger partial charge in [0.2, 0.25) is 5.95 Å². The maximum Gasteiger partial charge on any atom is 0.224 e. The number of benzene rings is 2. The molecule has 2 N–H and O–H groups in total. The predicted molar refractivity (Wildman–Crippen MR) is 98.6 cm³/mol. The minimum atomic E-state index is 0.215. The Labute approximate surface area is 149 Å². The summed E-state index contributed by atoms with van der Waals surface area (Å²) >= 11 is 1.54. The first-order chi connectivity index (χ1) is 12.2. The van der Waals surface area contributed by atoms with Crippen LogP contribution in [0, 0.1) is 0 Å². The second-order valence-electron chi connectivity index (χ2n) is 5.68. The molecule has 0 bridgehead atoms. The van der Waals surface area contributed by atoms with Gasteiger partial charge >= 0.3 is 0 Å². The van der Waals surface area contributed by atoms with E-state index in [0.717, 1.165) is 27.8 Å². The molecule has 0 radical (unpaired) electrons. The molecule has 25 heavy (non-hydrogen) atoms. The molecule has 7 heteroatoms. The van der Waals surface area contributed by atoms with Gasteiger partial charge in [-0.1, -0.05) is 36.9 Å². The number of thioether (sulfide) groups is 1. The molecular formula is C18H18N4O2S. The van der Waals surface area contributed by atoms with E-state index in [2.05, 4.69) is 27.1 Å². The van der Waals surface area contributed by atoms with Crippen LogP contribution in [-0.2, 0) is 18.0 Å². The number of nitrogens with two attached hydrogens (primary N) is 1. The van der Waals surface area contributed by atoms with Gasteiger partial charge in [0.15, 0.2) is 11.0 Å². The van der Waals surface area contributed by atoms with E-state index in [1.807, 2.05) is 19.1 Å². The molecule has 3 aromatic rings. The van der Waals surface area contributed by atoms with Gasteiger partial charge in [0.1, 0.15) is 5.75 Å². The van der Waals surface area contributed by atoms with Gasteiger partial charge in [0.25, 0.3) is 0 Å². The van der Waals surface area contributed by atoms with E-state index in [0.29, 0.717) is 29.9 Å². The summed E-state index contributed by atoms with van der Waals surface area (Å²) < 4.78 is 11.3. The van der Waals surface area contributed by atoms with E-state index in [1.165, 1.54) is 17.1 Å². The maximum absolute atomic E-state index is 5.92. The number of methoxy groups -OCH3 is 1. The van der Waals surface area contributed by atoms with Gasteiger partial charge in [0, 0.05) is 0 Å². The van der Waals surface area contributed by atoms with Gasteiger partial charge in [0.05, 0.1) is 25.9 Å². The number of nitrogen functional groups attached to an aromatic ring is 1.